The van der Waals surface area contributed by atoms with Crippen molar-refractivity contribution in [2.24, 2.45) is 0 Å². The van der Waals surface area contributed by atoms with Crippen LogP contribution >= 0.6 is 34.8 Å². The number of hydrogen-bond donors (Lipinski definition) is 1. The van der Waals surface area contributed by atoms with Crippen LogP contribution in [0.2, 0.25) is 15.1 Å². The van der Waals surface area contributed by atoms with Crippen molar-refractivity contribution in [1.82, 2.24) is 0 Å². The van der Waals surface area contributed by atoms with Crippen LogP contribution in [0.3, 0.4) is 0 Å². The van der Waals surface area contributed by atoms with E-state index < -0.39 is 0 Å². The smallest absolute Gasteiger partial charge is 0.0722 e. The standard InChI is InChI=1S/C13H18Cl3N/c1-3-5-6-10(4-2)17-13-11(15)7-9(14)8-12(13)16/h7-8,10,17H,3-6H2,1-2H3. The van der Waals surface area contributed by atoms with Gasteiger partial charge in [0.15, 0.2) is 0 Å². The molecule has 0 spiro atoms. The van der Waals surface area contributed by atoms with Crippen LogP contribution in [0.4, 0.5) is 5.69 Å². The lowest BCUT2D eigenvalue weighted by Gasteiger charge is -2.20. The van der Waals surface area contributed by atoms with E-state index in [0.29, 0.717) is 21.1 Å². The number of benzene rings is 1. The summed E-state index contributed by atoms with van der Waals surface area (Å²) in [5.74, 6) is 0. The van der Waals surface area contributed by atoms with Gasteiger partial charge in [0.05, 0.1) is 15.7 Å². The first kappa shape index (κ1) is 14.9. The van der Waals surface area contributed by atoms with Crippen molar-refractivity contribution in [3.63, 3.8) is 0 Å². The first-order valence-electron chi connectivity index (χ1n) is 5.99. The maximum Gasteiger partial charge on any atom is 0.0722 e. The normalized spacial score (nSPS) is 12.5. The summed E-state index contributed by atoms with van der Waals surface area (Å²) in [6, 6.07) is 3.83. The molecule has 0 aliphatic heterocycles. The maximum absolute atomic E-state index is 6.14. The molecule has 1 aromatic carbocycles. The molecule has 0 radical (unpaired) electrons. The topological polar surface area (TPSA) is 12.0 Å². The van der Waals surface area contributed by atoms with Crippen molar-refractivity contribution in [2.75, 3.05) is 5.32 Å². The van der Waals surface area contributed by atoms with E-state index in [1.54, 1.807) is 12.1 Å². The summed E-state index contributed by atoms with van der Waals surface area (Å²) in [7, 11) is 0. The Morgan fingerprint density at radius 1 is 1.12 bits per heavy atom. The monoisotopic (exact) mass is 293 g/mol. The minimum atomic E-state index is 0.408. The van der Waals surface area contributed by atoms with Gasteiger partial charge in [-0.2, -0.15) is 0 Å². The highest BCUT2D eigenvalue weighted by molar-refractivity contribution is 6.41. The number of hydrogen-bond acceptors (Lipinski definition) is 1. The number of rotatable bonds is 6. The molecule has 96 valence electrons. The average molecular weight is 295 g/mol. The second-order valence-electron chi connectivity index (χ2n) is 4.14. The highest BCUT2D eigenvalue weighted by Crippen LogP contribution is 2.34. The fourth-order valence-electron chi connectivity index (χ4n) is 1.71. The molecule has 0 fully saturated rings. The van der Waals surface area contributed by atoms with Crippen molar-refractivity contribution in [3.05, 3.63) is 27.2 Å². The van der Waals surface area contributed by atoms with Gasteiger partial charge in [-0.15, -0.1) is 0 Å². The van der Waals surface area contributed by atoms with Crippen LogP contribution in [0.15, 0.2) is 12.1 Å². The molecule has 0 aliphatic carbocycles. The molecule has 1 nitrogen and oxygen atoms in total. The molecular formula is C13H18Cl3N. The predicted octanol–water partition coefficient (Wildman–Crippen LogP) is 6.03. The Morgan fingerprint density at radius 3 is 2.18 bits per heavy atom. The number of unbranched alkanes of at least 4 members (excludes halogenated alkanes) is 1. The van der Waals surface area contributed by atoms with E-state index in [4.69, 9.17) is 34.8 Å². The number of anilines is 1. The number of halogens is 3. The van der Waals surface area contributed by atoms with Crippen molar-refractivity contribution in [1.29, 1.82) is 0 Å². The van der Waals surface area contributed by atoms with Gasteiger partial charge in [-0.1, -0.05) is 61.5 Å². The Morgan fingerprint density at radius 2 is 1.71 bits per heavy atom. The molecule has 0 saturated heterocycles. The van der Waals surface area contributed by atoms with Crippen molar-refractivity contribution in [3.8, 4) is 0 Å². The first-order chi connectivity index (χ1) is 8.08. The molecular weight excluding hydrogens is 277 g/mol. The number of nitrogens with one attached hydrogen (secondary N) is 1. The molecule has 0 aromatic heterocycles. The third kappa shape index (κ3) is 4.57. The predicted molar refractivity (Wildman–Crippen MR) is 78.7 cm³/mol. The fraction of sp³-hybridized carbons (Fsp3) is 0.538. The molecule has 0 bridgehead atoms. The van der Waals surface area contributed by atoms with Gasteiger partial charge in [0, 0.05) is 11.1 Å². The summed E-state index contributed by atoms with van der Waals surface area (Å²) in [6.45, 7) is 4.35. The highest BCUT2D eigenvalue weighted by atomic mass is 35.5. The second-order valence-corrected chi connectivity index (χ2v) is 5.39. The quantitative estimate of drug-likeness (QED) is 0.675. The van der Waals surface area contributed by atoms with Crippen LogP contribution in [0, 0.1) is 0 Å². The van der Waals surface area contributed by atoms with Crippen LogP contribution in [0.1, 0.15) is 39.5 Å². The third-order valence-electron chi connectivity index (χ3n) is 2.75. The molecule has 1 unspecified atom stereocenters. The molecule has 1 aromatic rings. The van der Waals surface area contributed by atoms with Gasteiger partial charge in [-0.05, 0) is 25.0 Å². The Kier molecular flexibility index (Phi) is 6.47. The van der Waals surface area contributed by atoms with Crippen LogP contribution in [0.25, 0.3) is 0 Å². The van der Waals surface area contributed by atoms with E-state index >= 15 is 0 Å². The summed E-state index contributed by atoms with van der Waals surface area (Å²) in [5.41, 5.74) is 0.792. The summed E-state index contributed by atoms with van der Waals surface area (Å²) in [4.78, 5) is 0. The van der Waals surface area contributed by atoms with Crippen LogP contribution in [0.5, 0.6) is 0 Å². The third-order valence-corrected chi connectivity index (χ3v) is 3.57. The zero-order valence-electron chi connectivity index (χ0n) is 10.2. The van der Waals surface area contributed by atoms with Gasteiger partial charge in [-0.25, -0.2) is 0 Å². The Hall–Kier alpha value is -0.110. The van der Waals surface area contributed by atoms with E-state index in [9.17, 15) is 0 Å². The maximum atomic E-state index is 6.14. The van der Waals surface area contributed by atoms with Gasteiger partial charge >= 0.3 is 0 Å². The minimum absolute atomic E-state index is 0.408. The minimum Gasteiger partial charge on any atom is -0.380 e. The van der Waals surface area contributed by atoms with Crippen molar-refractivity contribution >= 4 is 40.5 Å². The fourth-order valence-corrected chi connectivity index (χ4v) is 2.64. The molecule has 0 aliphatic rings. The SMILES string of the molecule is CCCCC(CC)Nc1c(Cl)cc(Cl)cc1Cl. The van der Waals surface area contributed by atoms with Gasteiger partial charge in [0.2, 0.25) is 0 Å². The van der Waals surface area contributed by atoms with Gasteiger partial charge in [-0.3, -0.25) is 0 Å². The van der Waals surface area contributed by atoms with Crippen molar-refractivity contribution in [2.45, 2.75) is 45.6 Å². The van der Waals surface area contributed by atoms with Crippen LogP contribution in [-0.4, -0.2) is 6.04 Å². The largest absolute Gasteiger partial charge is 0.380 e. The first-order valence-corrected chi connectivity index (χ1v) is 7.12. The lowest BCUT2D eigenvalue weighted by atomic mass is 10.1. The van der Waals surface area contributed by atoms with Crippen molar-refractivity contribution < 1.29 is 0 Å². The molecule has 1 N–H and O–H groups in total. The van der Waals surface area contributed by atoms with E-state index in [2.05, 4.69) is 19.2 Å². The zero-order chi connectivity index (χ0) is 12.8. The molecule has 0 amide bonds. The second kappa shape index (κ2) is 7.35. The van der Waals surface area contributed by atoms with E-state index in [1.165, 1.54) is 12.8 Å². The van der Waals surface area contributed by atoms with E-state index in [1.807, 2.05) is 0 Å². The molecule has 17 heavy (non-hydrogen) atoms. The van der Waals surface area contributed by atoms with Crippen LogP contribution < -0.4 is 5.32 Å². The van der Waals surface area contributed by atoms with Gasteiger partial charge in [0.1, 0.15) is 0 Å². The van der Waals surface area contributed by atoms with Gasteiger partial charge in [0.25, 0.3) is 0 Å². The Bertz CT molecular complexity index is 343. The Labute approximate surface area is 118 Å². The summed E-state index contributed by atoms with van der Waals surface area (Å²) >= 11 is 18.2. The summed E-state index contributed by atoms with van der Waals surface area (Å²) in [6.07, 6.45) is 4.58. The molecule has 4 heteroatoms. The molecule has 1 rings (SSSR count). The summed E-state index contributed by atoms with van der Waals surface area (Å²) < 4.78 is 0. The Balaban J connectivity index is 2.78. The van der Waals surface area contributed by atoms with E-state index in [-0.39, 0.29) is 0 Å². The summed E-state index contributed by atoms with van der Waals surface area (Å²) in [5, 5.41) is 5.13. The zero-order valence-corrected chi connectivity index (χ0v) is 12.5. The molecule has 0 saturated carbocycles. The average Bonchev–Trinajstić information content (AvgIpc) is 2.27. The van der Waals surface area contributed by atoms with E-state index in [0.717, 1.165) is 18.5 Å². The molecule has 1 atom stereocenters. The lowest BCUT2D eigenvalue weighted by Crippen LogP contribution is -2.18. The van der Waals surface area contributed by atoms with Crippen LogP contribution in [-0.2, 0) is 0 Å². The van der Waals surface area contributed by atoms with Gasteiger partial charge < -0.3 is 5.32 Å². The lowest BCUT2D eigenvalue weighted by molar-refractivity contribution is 0.593. The molecule has 0 heterocycles. The highest BCUT2D eigenvalue weighted by Gasteiger charge is 2.12.